The van der Waals surface area contributed by atoms with Gasteiger partial charge in [0.1, 0.15) is 5.75 Å². The zero-order valence-corrected chi connectivity index (χ0v) is 15.9. The van der Waals surface area contributed by atoms with Crippen LogP contribution in [0.25, 0.3) is 0 Å². The maximum atomic E-state index is 12.9. The van der Waals surface area contributed by atoms with Crippen LogP contribution in [0.4, 0.5) is 5.69 Å². The number of carbonyl (C=O) groups is 2. The molecule has 0 saturated heterocycles. The number of nitrogens with zero attached hydrogens (tertiary/aromatic N) is 1. The zero-order valence-electron chi connectivity index (χ0n) is 15.9. The fourth-order valence-electron chi connectivity index (χ4n) is 3.33. The summed E-state index contributed by atoms with van der Waals surface area (Å²) in [6, 6.07) is 13.9. The van der Waals surface area contributed by atoms with Crippen molar-refractivity contribution in [2.24, 2.45) is 5.92 Å². The standard InChI is InChI=1S/C22H23NO4/c1-13(2)20(24)18-19(16-7-5-6-8-17(16)27-4)23(22(26)21(18)25)15-11-9-14(3)10-12-15/h5-13,19,25H,1-4H3. The Labute approximate surface area is 158 Å². The van der Waals surface area contributed by atoms with E-state index in [1.165, 1.54) is 4.90 Å². The first-order valence-electron chi connectivity index (χ1n) is 8.87. The SMILES string of the molecule is COc1ccccc1C1C(C(=O)C(C)C)=C(O)C(=O)N1c1ccc(C)cc1. The number of aryl methyl sites for hydroxylation is 1. The van der Waals surface area contributed by atoms with Gasteiger partial charge in [-0.1, -0.05) is 49.7 Å². The van der Waals surface area contributed by atoms with Crippen molar-refractivity contribution in [1.29, 1.82) is 0 Å². The van der Waals surface area contributed by atoms with E-state index in [1.807, 2.05) is 49.4 Å². The highest BCUT2D eigenvalue weighted by atomic mass is 16.5. The molecule has 0 radical (unpaired) electrons. The molecule has 1 atom stereocenters. The van der Waals surface area contributed by atoms with E-state index in [-0.39, 0.29) is 17.3 Å². The molecule has 1 amide bonds. The van der Waals surface area contributed by atoms with E-state index in [0.717, 1.165) is 5.56 Å². The molecule has 0 spiro atoms. The van der Waals surface area contributed by atoms with E-state index < -0.39 is 17.7 Å². The van der Waals surface area contributed by atoms with Crippen molar-refractivity contribution in [3.63, 3.8) is 0 Å². The topological polar surface area (TPSA) is 66.8 Å². The van der Waals surface area contributed by atoms with Gasteiger partial charge in [0, 0.05) is 17.2 Å². The molecular weight excluding hydrogens is 342 g/mol. The molecule has 1 N–H and O–H groups in total. The number of aliphatic hydroxyl groups excluding tert-OH is 1. The van der Waals surface area contributed by atoms with Crippen molar-refractivity contribution in [1.82, 2.24) is 0 Å². The molecule has 27 heavy (non-hydrogen) atoms. The first kappa shape index (κ1) is 18.7. The zero-order chi connectivity index (χ0) is 19.7. The third-order valence-corrected chi connectivity index (χ3v) is 4.74. The van der Waals surface area contributed by atoms with Crippen LogP contribution in [-0.4, -0.2) is 23.9 Å². The van der Waals surface area contributed by atoms with Gasteiger partial charge in [0.05, 0.1) is 18.7 Å². The van der Waals surface area contributed by atoms with Crippen molar-refractivity contribution in [2.45, 2.75) is 26.8 Å². The van der Waals surface area contributed by atoms with Gasteiger partial charge in [0.15, 0.2) is 11.5 Å². The van der Waals surface area contributed by atoms with Gasteiger partial charge in [-0.25, -0.2) is 0 Å². The normalized spacial score (nSPS) is 17.0. The lowest BCUT2D eigenvalue weighted by molar-refractivity contribution is -0.119. The number of hydrogen-bond acceptors (Lipinski definition) is 4. The minimum absolute atomic E-state index is 0.111. The van der Waals surface area contributed by atoms with E-state index in [2.05, 4.69) is 0 Å². The number of methoxy groups -OCH3 is 1. The van der Waals surface area contributed by atoms with Crippen molar-refractivity contribution in [3.05, 3.63) is 71.0 Å². The maximum absolute atomic E-state index is 12.9. The number of amides is 1. The molecule has 5 nitrogen and oxygen atoms in total. The summed E-state index contributed by atoms with van der Waals surface area (Å²) < 4.78 is 5.47. The fourth-order valence-corrected chi connectivity index (χ4v) is 3.33. The van der Waals surface area contributed by atoms with Crippen molar-refractivity contribution in [3.8, 4) is 5.75 Å². The number of benzene rings is 2. The Morgan fingerprint density at radius 3 is 2.33 bits per heavy atom. The van der Waals surface area contributed by atoms with Crippen LogP contribution in [0.3, 0.4) is 0 Å². The molecule has 140 valence electrons. The van der Waals surface area contributed by atoms with Gasteiger partial charge in [0.2, 0.25) is 0 Å². The summed E-state index contributed by atoms with van der Waals surface area (Å²) in [5, 5.41) is 10.6. The maximum Gasteiger partial charge on any atom is 0.294 e. The molecule has 2 aromatic carbocycles. The molecule has 0 bridgehead atoms. The molecule has 1 aliphatic heterocycles. The predicted molar refractivity (Wildman–Crippen MR) is 104 cm³/mol. The van der Waals surface area contributed by atoms with Crippen molar-refractivity contribution >= 4 is 17.4 Å². The highest BCUT2D eigenvalue weighted by Gasteiger charge is 2.45. The molecule has 1 aliphatic rings. The van der Waals surface area contributed by atoms with Gasteiger partial charge in [-0.05, 0) is 25.1 Å². The summed E-state index contributed by atoms with van der Waals surface area (Å²) in [4.78, 5) is 27.3. The third-order valence-electron chi connectivity index (χ3n) is 4.74. The second-order valence-corrected chi connectivity index (χ2v) is 6.94. The second kappa shape index (κ2) is 7.27. The summed E-state index contributed by atoms with van der Waals surface area (Å²) in [5.74, 6) is -1.14. The molecule has 1 unspecified atom stereocenters. The molecule has 0 aliphatic carbocycles. The summed E-state index contributed by atoms with van der Waals surface area (Å²) in [6.07, 6.45) is 0. The van der Waals surface area contributed by atoms with Crippen LogP contribution < -0.4 is 9.64 Å². The van der Waals surface area contributed by atoms with E-state index in [0.29, 0.717) is 17.0 Å². The largest absolute Gasteiger partial charge is 0.503 e. The molecule has 3 rings (SSSR count). The number of Topliss-reactive ketones (excluding diaryl/α,β-unsaturated/α-hetero) is 1. The average Bonchev–Trinajstić information content (AvgIpc) is 2.92. The Bertz CT molecular complexity index is 912. The van der Waals surface area contributed by atoms with Gasteiger partial charge in [-0.15, -0.1) is 0 Å². The Balaban J connectivity index is 2.23. The molecule has 0 fully saturated rings. The number of rotatable bonds is 5. The average molecular weight is 365 g/mol. The van der Waals surface area contributed by atoms with E-state index in [4.69, 9.17) is 4.74 Å². The summed E-state index contributed by atoms with van der Waals surface area (Å²) in [5.41, 5.74) is 2.43. The lowest BCUT2D eigenvalue weighted by Gasteiger charge is -2.28. The summed E-state index contributed by atoms with van der Waals surface area (Å²) in [7, 11) is 1.54. The van der Waals surface area contributed by atoms with Crippen molar-refractivity contribution in [2.75, 3.05) is 12.0 Å². The summed E-state index contributed by atoms with van der Waals surface area (Å²) in [6.45, 7) is 5.46. The molecule has 2 aromatic rings. The van der Waals surface area contributed by atoms with Crippen LogP contribution in [0, 0.1) is 12.8 Å². The second-order valence-electron chi connectivity index (χ2n) is 6.94. The molecule has 5 heteroatoms. The van der Waals surface area contributed by atoms with Crippen LogP contribution >= 0.6 is 0 Å². The van der Waals surface area contributed by atoms with Gasteiger partial charge < -0.3 is 9.84 Å². The first-order chi connectivity index (χ1) is 12.9. The minimum atomic E-state index is -0.744. The number of para-hydroxylation sites is 1. The number of ether oxygens (including phenoxy) is 1. The van der Waals surface area contributed by atoms with E-state index in [1.54, 1.807) is 27.0 Å². The third kappa shape index (κ3) is 3.21. The van der Waals surface area contributed by atoms with Crippen LogP contribution in [0.15, 0.2) is 59.9 Å². The van der Waals surface area contributed by atoms with Gasteiger partial charge >= 0.3 is 0 Å². The number of ketones is 1. The summed E-state index contributed by atoms with van der Waals surface area (Å²) >= 11 is 0. The van der Waals surface area contributed by atoms with Crippen LogP contribution in [-0.2, 0) is 9.59 Å². The van der Waals surface area contributed by atoms with Crippen molar-refractivity contribution < 1.29 is 19.4 Å². The minimum Gasteiger partial charge on any atom is -0.503 e. The molecule has 0 aromatic heterocycles. The highest BCUT2D eigenvalue weighted by Crippen LogP contribution is 2.44. The number of carbonyl (C=O) groups excluding carboxylic acids is 2. The first-order valence-corrected chi connectivity index (χ1v) is 8.87. The van der Waals surface area contributed by atoms with E-state index in [9.17, 15) is 14.7 Å². The van der Waals surface area contributed by atoms with Gasteiger partial charge in [-0.2, -0.15) is 0 Å². The predicted octanol–water partition coefficient (Wildman–Crippen LogP) is 4.13. The lowest BCUT2D eigenvalue weighted by atomic mass is 9.90. The van der Waals surface area contributed by atoms with Crippen LogP contribution in [0.2, 0.25) is 0 Å². The monoisotopic (exact) mass is 365 g/mol. The smallest absolute Gasteiger partial charge is 0.294 e. The van der Waals surface area contributed by atoms with Crippen LogP contribution in [0.5, 0.6) is 5.75 Å². The number of anilines is 1. The quantitative estimate of drug-likeness (QED) is 0.865. The lowest BCUT2D eigenvalue weighted by Crippen LogP contribution is -2.31. The Morgan fingerprint density at radius 2 is 1.74 bits per heavy atom. The molecule has 0 saturated carbocycles. The molecule has 1 heterocycles. The Kier molecular flexibility index (Phi) is 5.04. The number of hydrogen-bond donors (Lipinski definition) is 1. The number of aliphatic hydroxyl groups is 1. The fraction of sp³-hybridized carbons (Fsp3) is 0.273. The van der Waals surface area contributed by atoms with E-state index >= 15 is 0 Å². The van der Waals surface area contributed by atoms with Crippen LogP contribution in [0.1, 0.15) is 31.0 Å². The van der Waals surface area contributed by atoms with Gasteiger partial charge in [-0.3, -0.25) is 14.5 Å². The highest BCUT2D eigenvalue weighted by molar-refractivity contribution is 6.17. The van der Waals surface area contributed by atoms with Gasteiger partial charge in [0.25, 0.3) is 5.91 Å². The molecular formula is C22H23NO4. The Morgan fingerprint density at radius 1 is 1.11 bits per heavy atom. The Hall–Kier alpha value is -3.08.